The Hall–Kier alpha value is -2.30. The van der Waals surface area contributed by atoms with Crippen molar-refractivity contribution >= 4 is 23.1 Å². The van der Waals surface area contributed by atoms with E-state index in [2.05, 4.69) is 15.5 Å². The highest BCUT2D eigenvalue weighted by molar-refractivity contribution is 5.99. The number of benzene rings is 1. The first-order valence-corrected chi connectivity index (χ1v) is 4.83. The summed E-state index contributed by atoms with van der Waals surface area (Å²) in [4.78, 5) is 13.7. The number of carbonyl (C=O) groups is 1. The molecule has 0 aliphatic carbocycles. The molecule has 0 unspecified atom stereocenters. The van der Waals surface area contributed by atoms with Gasteiger partial charge in [-0.2, -0.15) is 5.10 Å². The highest BCUT2D eigenvalue weighted by Gasteiger charge is 2.00. The Labute approximate surface area is 92.3 Å². The maximum absolute atomic E-state index is 10.4. The topological polar surface area (TPSA) is 83.3 Å². The molecule has 5 heteroatoms. The molecule has 0 atom stereocenters. The molecule has 2 aromatic rings. The van der Waals surface area contributed by atoms with Gasteiger partial charge in [0.05, 0.1) is 6.21 Å². The average molecular weight is 216 g/mol. The molecule has 0 radical (unpaired) electrons. The number of urea groups is 1. The Bertz CT molecular complexity index is 556. The molecule has 16 heavy (non-hydrogen) atoms. The molecule has 4 N–H and O–H groups in total. The molecule has 2 rings (SSSR count). The minimum absolute atomic E-state index is 0.673. The Morgan fingerprint density at radius 3 is 3.12 bits per heavy atom. The summed E-state index contributed by atoms with van der Waals surface area (Å²) in [6, 6.07) is 7.18. The molecule has 0 saturated heterocycles. The summed E-state index contributed by atoms with van der Waals surface area (Å²) in [6.45, 7) is 1.99. The molecule has 1 aromatic heterocycles. The molecule has 1 heterocycles. The Morgan fingerprint density at radius 1 is 1.56 bits per heavy atom. The van der Waals surface area contributed by atoms with Gasteiger partial charge in [0.15, 0.2) is 0 Å². The first-order valence-electron chi connectivity index (χ1n) is 4.83. The molecule has 5 nitrogen and oxygen atoms in total. The van der Waals surface area contributed by atoms with Crippen molar-refractivity contribution in [2.75, 3.05) is 0 Å². The van der Waals surface area contributed by atoms with Gasteiger partial charge in [-0.25, -0.2) is 10.2 Å². The lowest BCUT2D eigenvalue weighted by atomic mass is 10.1. The summed E-state index contributed by atoms with van der Waals surface area (Å²) in [7, 11) is 0. The van der Waals surface area contributed by atoms with Crippen molar-refractivity contribution in [2.24, 2.45) is 10.8 Å². The number of nitrogens with one attached hydrogen (secondary N) is 2. The van der Waals surface area contributed by atoms with E-state index >= 15 is 0 Å². The molecule has 0 spiro atoms. The van der Waals surface area contributed by atoms with E-state index in [0.29, 0.717) is 0 Å². The van der Waals surface area contributed by atoms with E-state index < -0.39 is 6.03 Å². The van der Waals surface area contributed by atoms with Crippen molar-refractivity contribution in [1.29, 1.82) is 0 Å². The van der Waals surface area contributed by atoms with Crippen LogP contribution in [0.3, 0.4) is 0 Å². The predicted molar refractivity (Wildman–Crippen MR) is 63.3 cm³/mol. The normalized spacial score (nSPS) is 11.1. The lowest BCUT2D eigenvalue weighted by Gasteiger charge is -1.95. The van der Waals surface area contributed by atoms with Crippen molar-refractivity contribution in [2.45, 2.75) is 6.92 Å². The monoisotopic (exact) mass is 216 g/mol. The van der Waals surface area contributed by atoms with Crippen LogP contribution in [0.5, 0.6) is 0 Å². The maximum atomic E-state index is 10.4. The molecule has 0 fully saturated rings. The number of amides is 2. The van der Waals surface area contributed by atoms with Crippen molar-refractivity contribution in [1.82, 2.24) is 10.4 Å². The van der Waals surface area contributed by atoms with Gasteiger partial charge in [-0.1, -0.05) is 12.1 Å². The van der Waals surface area contributed by atoms with Gasteiger partial charge in [-0.3, -0.25) is 0 Å². The zero-order valence-corrected chi connectivity index (χ0v) is 8.82. The van der Waals surface area contributed by atoms with Crippen LogP contribution in [-0.4, -0.2) is 17.2 Å². The van der Waals surface area contributed by atoms with Crippen molar-refractivity contribution < 1.29 is 4.79 Å². The van der Waals surface area contributed by atoms with Gasteiger partial charge < -0.3 is 10.7 Å². The number of H-pyrrole nitrogens is 1. The summed E-state index contributed by atoms with van der Waals surface area (Å²) in [6.07, 6.45) is 1.57. The van der Waals surface area contributed by atoms with E-state index in [1.54, 1.807) is 6.21 Å². The van der Waals surface area contributed by atoms with Crippen molar-refractivity contribution in [3.63, 3.8) is 0 Å². The second-order valence-corrected chi connectivity index (χ2v) is 3.50. The smallest absolute Gasteiger partial charge is 0.332 e. The summed E-state index contributed by atoms with van der Waals surface area (Å²) < 4.78 is 0. The SMILES string of the molecule is Cc1cc2c(C=NNC(N)=O)cccc2[nH]1. The van der Waals surface area contributed by atoms with E-state index in [1.807, 2.05) is 31.2 Å². The third-order valence-electron chi connectivity index (χ3n) is 2.21. The second kappa shape index (κ2) is 4.06. The second-order valence-electron chi connectivity index (χ2n) is 3.50. The highest BCUT2D eigenvalue weighted by Crippen LogP contribution is 2.17. The van der Waals surface area contributed by atoms with E-state index in [9.17, 15) is 4.79 Å². The van der Waals surface area contributed by atoms with Gasteiger partial charge in [-0.15, -0.1) is 0 Å². The minimum Gasteiger partial charge on any atom is -0.359 e. The molecule has 0 aliphatic heterocycles. The number of nitrogens with zero attached hydrogens (tertiary/aromatic N) is 1. The number of hydrogen-bond donors (Lipinski definition) is 3. The number of fused-ring (bicyclic) bond motifs is 1. The van der Waals surface area contributed by atoms with Crippen LogP contribution >= 0.6 is 0 Å². The molecular formula is C11H12N4O. The van der Waals surface area contributed by atoms with Crippen LogP contribution in [0, 0.1) is 6.92 Å². The number of aryl methyl sites for hydroxylation is 1. The Balaban J connectivity index is 2.36. The number of aromatic amines is 1. The quantitative estimate of drug-likeness (QED) is 0.515. The first kappa shape index (κ1) is 10.2. The van der Waals surface area contributed by atoms with Crippen LogP contribution in [0.25, 0.3) is 10.9 Å². The lowest BCUT2D eigenvalue weighted by Crippen LogP contribution is -2.24. The van der Waals surface area contributed by atoms with E-state index in [0.717, 1.165) is 22.2 Å². The zero-order valence-electron chi connectivity index (χ0n) is 8.82. The predicted octanol–water partition coefficient (Wildman–Crippen LogP) is 1.48. The molecule has 82 valence electrons. The number of hydrogen-bond acceptors (Lipinski definition) is 2. The number of carbonyl (C=O) groups excluding carboxylic acids is 1. The van der Waals surface area contributed by atoms with E-state index in [4.69, 9.17) is 5.73 Å². The number of rotatable bonds is 2. The molecule has 2 amide bonds. The summed E-state index contributed by atoms with van der Waals surface area (Å²) >= 11 is 0. The number of hydrazone groups is 1. The fourth-order valence-corrected chi connectivity index (χ4v) is 1.60. The summed E-state index contributed by atoms with van der Waals surface area (Å²) in [5.41, 5.74) is 10.1. The molecule has 0 bridgehead atoms. The van der Waals surface area contributed by atoms with Crippen LogP contribution < -0.4 is 11.2 Å². The van der Waals surface area contributed by atoms with Crippen LogP contribution in [0.1, 0.15) is 11.3 Å². The third kappa shape index (κ3) is 2.03. The van der Waals surface area contributed by atoms with Gasteiger partial charge in [-0.05, 0) is 19.1 Å². The van der Waals surface area contributed by atoms with Crippen molar-refractivity contribution in [3.05, 3.63) is 35.5 Å². The lowest BCUT2D eigenvalue weighted by molar-refractivity contribution is 0.249. The van der Waals surface area contributed by atoms with Crippen LogP contribution in [0.4, 0.5) is 4.79 Å². The standard InChI is InChI=1S/C11H12N4O/c1-7-5-9-8(6-13-15-11(12)16)3-2-4-10(9)14-7/h2-6,14H,1H3,(H3,12,15,16). The maximum Gasteiger partial charge on any atom is 0.332 e. The molecule has 0 aliphatic rings. The van der Waals surface area contributed by atoms with Gasteiger partial charge in [0.2, 0.25) is 0 Å². The highest BCUT2D eigenvalue weighted by atomic mass is 16.2. The van der Waals surface area contributed by atoms with Gasteiger partial charge >= 0.3 is 6.03 Å². The number of aromatic nitrogens is 1. The fraction of sp³-hybridized carbons (Fsp3) is 0.0909. The van der Waals surface area contributed by atoms with Crippen LogP contribution in [-0.2, 0) is 0 Å². The zero-order chi connectivity index (χ0) is 11.5. The van der Waals surface area contributed by atoms with Crippen molar-refractivity contribution in [3.8, 4) is 0 Å². The van der Waals surface area contributed by atoms with Crippen LogP contribution in [0.2, 0.25) is 0 Å². The van der Waals surface area contributed by atoms with Gasteiger partial charge in [0.1, 0.15) is 0 Å². The number of primary amides is 1. The first-order chi connectivity index (χ1) is 7.66. The van der Waals surface area contributed by atoms with E-state index in [-0.39, 0.29) is 0 Å². The third-order valence-corrected chi connectivity index (χ3v) is 2.21. The van der Waals surface area contributed by atoms with Crippen LogP contribution in [0.15, 0.2) is 29.4 Å². The van der Waals surface area contributed by atoms with Gasteiger partial charge in [0.25, 0.3) is 0 Å². The average Bonchev–Trinajstić information content (AvgIpc) is 2.58. The molecule has 0 saturated carbocycles. The minimum atomic E-state index is -0.673. The summed E-state index contributed by atoms with van der Waals surface area (Å²) in [5.74, 6) is 0. The van der Waals surface area contributed by atoms with E-state index in [1.165, 1.54) is 0 Å². The largest absolute Gasteiger partial charge is 0.359 e. The Morgan fingerprint density at radius 2 is 2.38 bits per heavy atom. The van der Waals surface area contributed by atoms with Gasteiger partial charge in [0, 0.05) is 22.2 Å². The Kier molecular flexibility index (Phi) is 2.59. The molecule has 1 aromatic carbocycles. The fourth-order valence-electron chi connectivity index (χ4n) is 1.60. The summed E-state index contributed by atoms with van der Waals surface area (Å²) in [5, 5.41) is 4.80. The molecular weight excluding hydrogens is 204 g/mol. The number of nitrogens with two attached hydrogens (primary N) is 1.